The van der Waals surface area contributed by atoms with Gasteiger partial charge in [-0.2, -0.15) is 0 Å². The summed E-state index contributed by atoms with van der Waals surface area (Å²) in [4.78, 5) is 11.5. The van der Waals surface area contributed by atoms with Gasteiger partial charge in [-0.3, -0.25) is 0 Å². The van der Waals surface area contributed by atoms with Crippen LogP contribution in [-0.2, 0) is 4.74 Å². The van der Waals surface area contributed by atoms with Crippen molar-refractivity contribution in [1.82, 2.24) is 15.0 Å². The Morgan fingerprint density at radius 2 is 2.28 bits per heavy atom. The maximum atomic E-state index is 11.5. The third-order valence-electron chi connectivity index (χ3n) is 2.46. The highest BCUT2D eigenvalue weighted by atomic mass is 35.5. The topological polar surface area (TPSA) is 57.0 Å². The fourth-order valence-corrected chi connectivity index (χ4v) is 1.69. The van der Waals surface area contributed by atoms with E-state index in [1.165, 1.54) is 10.9 Å². The molecular weight excluding hydrogens is 254 g/mol. The lowest BCUT2D eigenvalue weighted by molar-refractivity contribution is 0.0519. The molecule has 0 N–H and O–H groups in total. The molecule has 0 aliphatic carbocycles. The highest BCUT2D eigenvalue weighted by Gasteiger charge is 2.13. The molecule has 1 aromatic carbocycles. The van der Waals surface area contributed by atoms with Gasteiger partial charge in [-0.15, -0.1) is 5.10 Å². The number of hydrogen-bond donors (Lipinski definition) is 0. The summed E-state index contributed by atoms with van der Waals surface area (Å²) in [6, 6.07) is 5.46. The summed E-state index contributed by atoms with van der Waals surface area (Å²) in [5, 5.41) is 8.32. The summed E-state index contributed by atoms with van der Waals surface area (Å²) in [6.07, 6.45) is 1.52. The van der Waals surface area contributed by atoms with Crippen molar-refractivity contribution in [2.45, 2.75) is 13.8 Å². The van der Waals surface area contributed by atoms with Crippen molar-refractivity contribution in [2.75, 3.05) is 6.61 Å². The average molecular weight is 266 g/mol. The number of carbonyl (C=O) groups excluding carboxylic acids is 1. The van der Waals surface area contributed by atoms with Gasteiger partial charge >= 0.3 is 5.97 Å². The van der Waals surface area contributed by atoms with E-state index in [0.29, 0.717) is 11.6 Å². The monoisotopic (exact) mass is 265 g/mol. The van der Waals surface area contributed by atoms with Crippen LogP contribution in [0.15, 0.2) is 24.4 Å². The van der Waals surface area contributed by atoms with Crippen molar-refractivity contribution in [3.05, 3.63) is 40.7 Å². The number of nitrogens with zero attached hydrogens (tertiary/aromatic N) is 3. The van der Waals surface area contributed by atoms with Crippen molar-refractivity contribution in [3.8, 4) is 5.69 Å². The first-order valence-electron chi connectivity index (χ1n) is 5.48. The van der Waals surface area contributed by atoms with Gasteiger partial charge in [0.2, 0.25) is 0 Å². The molecule has 0 atom stereocenters. The fourth-order valence-electron chi connectivity index (χ4n) is 1.52. The molecule has 0 saturated heterocycles. The van der Waals surface area contributed by atoms with E-state index in [1.807, 2.05) is 19.1 Å². The molecule has 6 heteroatoms. The van der Waals surface area contributed by atoms with Gasteiger partial charge in [0.1, 0.15) is 0 Å². The minimum absolute atomic E-state index is 0.177. The predicted octanol–water partition coefficient (Wildman–Crippen LogP) is 2.41. The number of aromatic nitrogens is 3. The van der Waals surface area contributed by atoms with E-state index < -0.39 is 5.97 Å². The standard InChI is InChI=1S/C12H12ClN3O2/c1-3-18-12(17)10-7-16(15-14-10)11-6-4-5-9(13)8(11)2/h4-7H,3H2,1-2H3. The quantitative estimate of drug-likeness (QED) is 0.800. The van der Waals surface area contributed by atoms with Crippen LogP contribution in [0.25, 0.3) is 5.69 Å². The van der Waals surface area contributed by atoms with E-state index >= 15 is 0 Å². The second-order valence-corrected chi connectivity index (χ2v) is 4.06. The number of benzene rings is 1. The number of esters is 1. The first-order valence-corrected chi connectivity index (χ1v) is 5.86. The van der Waals surface area contributed by atoms with Crippen LogP contribution in [0.4, 0.5) is 0 Å². The third-order valence-corrected chi connectivity index (χ3v) is 2.87. The zero-order valence-corrected chi connectivity index (χ0v) is 10.8. The summed E-state index contributed by atoms with van der Waals surface area (Å²) in [5.41, 5.74) is 1.83. The molecule has 0 spiro atoms. The summed E-state index contributed by atoms with van der Waals surface area (Å²) in [6.45, 7) is 3.93. The smallest absolute Gasteiger partial charge is 0.360 e. The molecule has 0 aliphatic rings. The van der Waals surface area contributed by atoms with Crippen LogP contribution >= 0.6 is 11.6 Å². The van der Waals surface area contributed by atoms with Crippen molar-refractivity contribution >= 4 is 17.6 Å². The minimum atomic E-state index is -0.483. The molecule has 0 fully saturated rings. The van der Waals surface area contributed by atoms with Crippen LogP contribution in [0.2, 0.25) is 5.02 Å². The largest absolute Gasteiger partial charge is 0.461 e. The number of carbonyl (C=O) groups is 1. The average Bonchev–Trinajstić information content (AvgIpc) is 2.82. The Morgan fingerprint density at radius 1 is 1.50 bits per heavy atom. The van der Waals surface area contributed by atoms with Gasteiger partial charge in [0.15, 0.2) is 5.69 Å². The number of rotatable bonds is 3. The maximum Gasteiger partial charge on any atom is 0.360 e. The third kappa shape index (κ3) is 2.36. The van der Waals surface area contributed by atoms with Crippen molar-refractivity contribution < 1.29 is 9.53 Å². The number of hydrogen-bond acceptors (Lipinski definition) is 4. The van der Waals surface area contributed by atoms with E-state index in [-0.39, 0.29) is 5.69 Å². The van der Waals surface area contributed by atoms with Gasteiger partial charge in [0, 0.05) is 5.02 Å². The van der Waals surface area contributed by atoms with E-state index in [0.717, 1.165) is 11.3 Å². The molecule has 94 valence electrons. The maximum absolute atomic E-state index is 11.5. The van der Waals surface area contributed by atoms with Crippen LogP contribution in [0.3, 0.4) is 0 Å². The number of halogens is 1. The second-order valence-electron chi connectivity index (χ2n) is 3.65. The Kier molecular flexibility index (Phi) is 3.62. The molecule has 0 radical (unpaired) electrons. The summed E-state index contributed by atoms with van der Waals surface area (Å²) < 4.78 is 6.36. The first kappa shape index (κ1) is 12.6. The van der Waals surface area contributed by atoms with Crippen LogP contribution in [-0.4, -0.2) is 27.6 Å². The summed E-state index contributed by atoms with van der Waals surface area (Å²) in [5.74, 6) is -0.483. The Morgan fingerprint density at radius 3 is 3.00 bits per heavy atom. The molecule has 2 aromatic rings. The Balaban J connectivity index is 2.35. The summed E-state index contributed by atoms with van der Waals surface area (Å²) >= 11 is 6.03. The van der Waals surface area contributed by atoms with E-state index in [9.17, 15) is 4.79 Å². The van der Waals surface area contributed by atoms with E-state index in [1.54, 1.807) is 13.0 Å². The number of ether oxygens (including phenoxy) is 1. The molecule has 0 aliphatic heterocycles. The lowest BCUT2D eigenvalue weighted by Gasteiger charge is -2.05. The molecule has 0 unspecified atom stereocenters. The molecule has 18 heavy (non-hydrogen) atoms. The van der Waals surface area contributed by atoms with Crippen LogP contribution < -0.4 is 0 Å². The molecule has 0 bridgehead atoms. The van der Waals surface area contributed by atoms with Gasteiger partial charge in [-0.05, 0) is 31.5 Å². The molecule has 2 rings (SSSR count). The molecule has 0 amide bonds. The van der Waals surface area contributed by atoms with Crippen molar-refractivity contribution in [2.24, 2.45) is 0 Å². The predicted molar refractivity (Wildman–Crippen MR) is 67.1 cm³/mol. The van der Waals surface area contributed by atoms with Gasteiger partial charge in [-0.1, -0.05) is 22.9 Å². The van der Waals surface area contributed by atoms with E-state index in [4.69, 9.17) is 16.3 Å². The molecule has 5 nitrogen and oxygen atoms in total. The van der Waals surface area contributed by atoms with Crippen LogP contribution in [0.5, 0.6) is 0 Å². The molecule has 1 heterocycles. The Labute approximate surface area is 109 Å². The van der Waals surface area contributed by atoms with Gasteiger partial charge in [-0.25, -0.2) is 9.48 Å². The lowest BCUT2D eigenvalue weighted by atomic mass is 10.2. The van der Waals surface area contributed by atoms with Crippen LogP contribution in [0, 0.1) is 6.92 Å². The normalized spacial score (nSPS) is 10.4. The SMILES string of the molecule is CCOC(=O)c1cn(-c2cccc(Cl)c2C)nn1. The minimum Gasteiger partial charge on any atom is -0.461 e. The first-order chi connectivity index (χ1) is 8.63. The van der Waals surface area contributed by atoms with E-state index in [2.05, 4.69) is 10.3 Å². The highest BCUT2D eigenvalue weighted by Crippen LogP contribution is 2.21. The van der Waals surface area contributed by atoms with Gasteiger partial charge in [0.05, 0.1) is 18.5 Å². The lowest BCUT2D eigenvalue weighted by Crippen LogP contribution is -2.04. The Bertz CT molecular complexity index is 580. The van der Waals surface area contributed by atoms with Gasteiger partial charge < -0.3 is 4.74 Å². The van der Waals surface area contributed by atoms with Crippen molar-refractivity contribution in [1.29, 1.82) is 0 Å². The molecule has 0 saturated carbocycles. The zero-order valence-electron chi connectivity index (χ0n) is 10.1. The van der Waals surface area contributed by atoms with Crippen LogP contribution in [0.1, 0.15) is 23.0 Å². The molecule has 1 aromatic heterocycles. The van der Waals surface area contributed by atoms with Crippen molar-refractivity contribution in [3.63, 3.8) is 0 Å². The fraction of sp³-hybridized carbons (Fsp3) is 0.250. The summed E-state index contributed by atoms with van der Waals surface area (Å²) in [7, 11) is 0. The second kappa shape index (κ2) is 5.18. The molecular formula is C12H12ClN3O2. The zero-order chi connectivity index (χ0) is 13.1. The highest BCUT2D eigenvalue weighted by molar-refractivity contribution is 6.31. The Hall–Kier alpha value is -1.88. The van der Waals surface area contributed by atoms with Gasteiger partial charge in [0.25, 0.3) is 0 Å².